The van der Waals surface area contributed by atoms with Gasteiger partial charge in [0.25, 0.3) is 5.91 Å². The summed E-state index contributed by atoms with van der Waals surface area (Å²) in [6.45, 7) is 2.72. The van der Waals surface area contributed by atoms with E-state index in [1.54, 1.807) is 0 Å². The fourth-order valence-electron chi connectivity index (χ4n) is 2.75. The second-order valence-corrected chi connectivity index (χ2v) is 6.17. The lowest BCUT2D eigenvalue weighted by Crippen LogP contribution is -2.37. The minimum Gasteiger partial charge on any atom is -0.488 e. The molecule has 0 spiro atoms. The van der Waals surface area contributed by atoms with Gasteiger partial charge in [-0.3, -0.25) is 4.79 Å². The quantitative estimate of drug-likeness (QED) is 0.838. The van der Waals surface area contributed by atoms with Gasteiger partial charge in [-0.2, -0.15) is 0 Å². The van der Waals surface area contributed by atoms with Gasteiger partial charge in [-0.05, 0) is 56.4 Å². The smallest absolute Gasteiger partial charge is 0.289 e. The molecule has 112 valence electrons. The SMILES string of the molecule is C[C@H](c1ccc(Cl)cc1)N(C(=O)C1=CCCCO1)C1CC1. The maximum absolute atomic E-state index is 12.8. The molecule has 1 saturated carbocycles. The van der Waals surface area contributed by atoms with Crippen molar-refractivity contribution < 1.29 is 9.53 Å². The van der Waals surface area contributed by atoms with Crippen LogP contribution in [0.1, 0.15) is 44.2 Å². The molecule has 1 aromatic carbocycles. The first-order valence-corrected chi connectivity index (χ1v) is 7.95. The number of amides is 1. The number of rotatable bonds is 4. The van der Waals surface area contributed by atoms with Crippen LogP contribution in [0.2, 0.25) is 5.02 Å². The third-order valence-electron chi connectivity index (χ3n) is 4.09. The Morgan fingerprint density at radius 1 is 1.33 bits per heavy atom. The number of hydrogen-bond donors (Lipinski definition) is 0. The minimum atomic E-state index is 0.0275. The van der Waals surface area contributed by atoms with Gasteiger partial charge in [0.2, 0.25) is 0 Å². The van der Waals surface area contributed by atoms with Crippen molar-refractivity contribution in [3.05, 3.63) is 46.7 Å². The first-order valence-electron chi connectivity index (χ1n) is 7.58. The number of halogens is 1. The summed E-state index contributed by atoms with van der Waals surface area (Å²) in [7, 11) is 0. The summed E-state index contributed by atoms with van der Waals surface area (Å²) in [6, 6.07) is 8.11. The highest BCUT2D eigenvalue weighted by molar-refractivity contribution is 6.30. The zero-order valence-electron chi connectivity index (χ0n) is 12.2. The molecule has 2 aliphatic rings. The normalized spacial score (nSPS) is 19.4. The maximum atomic E-state index is 12.8. The molecule has 0 saturated heterocycles. The van der Waals surface area contributed by atoms with Crippen LogP contribution in [0.5, 0.6) is 0 Å². The van der Waals surface area contributed by atoms with Crippen molar-refractivity contribution in [2.75, 3.05) is 6.61 Å². The molecule has 4 heteroatoms. The maximum Gasteiger partial charge on any atom is 0.289 e. The van der Waals surface area contributed by atoms with Crippen molar-refractivity contribution in [3.8, 4) is 0 Å². The molecule has 1 amide bonds. The number of benzene rings is 1. The third-order valence-corrected chi connectivity index (χ3v) is 4.34. The van der Waals surface area contributed by atoms with Gasteiger partial charge in [-0.15, -0.1) is 0 Å². The van der Waals surface area contributed by atoms with Gasteiger partial charge in [-0.25, -0.2) is 0 Å². The van der Waals surface area contributed by atoms with Crippen LogP contribution in [0.4, 0.5) is 0 Å². The van der Waals surface area contributed by atoms with Crippen LogP contribution in [-0.4, -0.2) is 23.5 Å². The Balaban J connectivity index is 1.82. The highest BCUT2D eigenvalue weighted by Crippen LogP contribution is 2.36. The second-order valence-electron chi connectivity index (χ2n) is 5.73. The van der Waals surface area contributed by atoms with Crippen molar-refractivity contribution in [3.63, 3.8) is 0 Å². The molecule has 0 radical (unpaired) electrons. The van der Waals surface area contributed by atoms with Crippen molar-refractivity contribution >= 4 is 17.5 Å². The molecular weight excluding hydrogens is 286 g/mol. The van der Waals surface area contributed by atoms with Gasteiger partial charge in [-0.1, -0.05) is 23.7 Å². The number of allylic oxidation sites excluding steroid dienone is 1. The molecule has 3 rings (SSSR count). The van der Waals surface area contributed by atoms with E-state index in [2.05, 4.69) is 6.92 Å². The zero-order chi connectivity index (χ0) is 14.8. The highest BCUT2D eigenvalue weighted by atomic mass is 35.5. The molecule has 0 unspecified atom stereocenters. The molecule has 1 fully saturated rings. The fraction of sp³-hybridized carbons (Fsp3) is 0.471. The van der Waals surface area contributed by atoms with E-state index in [4.69, 9.17) is 16.3 Å². The summed E-state index contributed by atoms with van der Waals surface area (Å²) in [5.74, 6) is 0.550. The first-order chi connectivity index (χ1) is 10.2. The van der Waals surface area contributed by atoms with E-state index in [-0.39, 0.29) is 11.9 Å². The summed E-state index contributed by atoms with van der Waals surface area (Å²) in [5, 5.41) is 0.716. The van der Waals surface area contributed by atoms with Crippen LogP contribution < -0.4 is 0 Å². The highest BCUT2D eigenvalue weighted by Gasteiger charge is 2.38. The Bertz CT molecular complexity index is 548. The van der Waals surface area contributed by atoms with Gasteiger partial charge in [0, 0.05) is 11.1 Å². The molecule has 0 bridgehead atoms. The number of carbonyl (C=O) groups excluding carboxylic acids is 1. The van der Waals surface area contributed by atoms with Crippen molar-refractivity contribution in [2.45, 2.75) is 44.7 Å². The number of carbonyl (C=O) groups is 1. The average molecular weight is 306 g/mol. The van der Waals surface area contributed by atoms with Crippen LogP contribution >= 0.6 is 11.6 Å². The van der Waals surface area contributed by atoms with Crippen LogP contribution in [0.3, 0.4) is 0 Å². The third kappa shape index (κ3) is 3.24. The summed E-state index contributed by atoms with van der Waals surface area (Å²) in [5.41, 5.74) is 1.11. The van der Waals surface area contributed by atoms with Crippen LogP contribution in [-0.2, 0) is 9.53 Å². The number of hydrogen-bond acceptors (Lipinski definition) is 2. The van der Waals surface area contributed by atoms with E-state index in [0.29, 0.717) is 23.4 Å². The van der Waals surface area contributed by atoms with E-state index in [0.717, 1.165) is 31.2 Å². The van der Waals surface area contributed by atoms with Crippen LogP contribution in [0.15, 0.2) is 36.1 Å². The topological polar surface area (TPSA) is 29.5 Å². The molecule has 3 nitrogen and oxygen atoms in total. The van der Waals surface area contributed by atoms with Gasteiger partial charge in [0.05, 0.1) is 12.6 Å². The molecule has 1 aliphatic heterocycles. The van der Waals surface area contributed by atoms with E-state index < -0.39 is 0 Å². The van der Waals surface area contributed by atoms with Crippen LogP contribution in [0.25, 0.3) is 0 Å². The van der Waals surface area contributed by atoms with Crippen LogP contribution in [0, 0.1) is 0 Å². The Kier molecular flexibility index (Phi) is 4.20. The van der Waals surface area contributed by atoms with Gasteiger partial charge >= 0.3 is 0 Å². The Morgan fingerprint density at radius 3 is 2.62 bits per heavy atom. The molecule has 1 atom stereocenters. The number of ether oxygens (including phenoxy) is 1. The minimum absolute atomic E-state index is 0.0275. The summed E-state index contributed by atoms with van der Waals surface area (Å²) in [4.78, 5) is 14.7. The molecule has 0 aromatic heterocycles. The van der Waals surface area contributed by atoms with Crippen molar-refractivity contribution in [1.29, 1.82) is 0 Å². The lowest BCUT2D eigenvalue weighted by molar-refractivity contribution is -0.134. The molecule has 21 heavy (non-hydrogen) atoms. The van der Waals surface area contributed by atoms with Gasteiger partial charge in [0.15, 0.2) is 5.76 Å². The predicted molar refractivity (Wildman–Crippen MR) is 83.0 cm³/mol. The largest absolute Gasteiger partial charge is 0.488 e. The van der Waals surface area contributed by atoms with Crippen molar-refractivity contribution in [1.82, 2.24) is 4.90 Å². The zero-order valence-corrected chi connectivity index (χ0v) is 13.0. The molecule has 1 aliphatic carbocycles. The standard InChI is InChI=1S/C17H20ClNO2/c1-12(13-5-7-14(18)8-6-13)19(15-9-10-15)17(20)16-4-2-3-11-21-16/h4-8,12,15H,2-3,9-11H2,1H3/t12-/m1/s1. The molecule has 1 aromatic rings. The second kappa shape index (κ2) is 6.10. The van der Waals surface area contributed by atoms with Gasteiger partial charge < -0.3 is 9.64 Å². The fourth-order valence-corrected chi connectivity index (χ4v) is 2.87. The summed E-state index contributed by atoms with van der Waals surface area (Å²) >= 11 is 5.95. The molecule has 0 N–H and O–H groups in total. The van der Waals surface area contributed by atoms with E-state index in [1.165, 1.54) is 0 Å². The van der Waals surface area contributed by atoms with E-state index >= 15 is 0 Å². The number of nitrogens with zero attached hydrogens (tertiary/aromatic N) is 1. The van der Waals surface area contributed by atoms with E-state index in [9.17, 15) is 4.79 Å². The van der Waals surface area contributed by atoms with E-state index in [1.807, 2.05) is 35.2 Å². The molecule has 1 heterocycles. The monoisotopic (exact) mass is 305 g/mol. The molecular formula is C17H20ClNO2. The summed E-state index contributed by atoms with van der Waals surface area (Å²) in [6.07, 6.45) is 6.01. The predicted octanol–water partition coefficient (Wildman–Crippen LogP) is 4.09. The Labute approximate surface area is 130 Å². The Hall–Kier alpha value is -1.48. The lowest BCUT2D eigenvalue weighted by atomic mass is 10.1. The van der Waals surface area contributed by atoms with Crippen molar-refractivity contribution in [2.24, 2.45) is 0 Å². The average Bonchev–Trinajstić information content (AvgIpc) is 3.33. The lowest BCUT2D eigenvalue weighted by Gasteiger charge is -2.31. The van der Waals surface area contributed by atoms with Gasteiger partial charge in [0.1, 0.15) is 0 Å². The first kappa shape index (κ1) is 14.5. The Morgan fingerprint density at radius 2 is 2.05 bits per heavy atom. The summed E-state index contributed by atoms with van der Waals surface area (Å²) < 4.78 is 5.55.